The molecule has 0 aromatic heterocycles. The lowest BCUT2D eigenvalue weighted by atomic mass is 9.95. The van der Waals surface area contributed by atoms with E-state index in [2.05, 4.69) is 5.32 Å². The van der Waals surface area contributed by atoms with E-state index in [4.69, 9.17) is 0 Å². The number of carbonyl (C=O) groups is 1. The van der Waals surface area contributed by atoms with Crippen LogP contribution in [-0.4, -0.2) is 38.3 Å². The molecule has 2 aliphatic carbocycles. The predicted octanol–water partition coefficient (Wildman–Crippen LogP) is 1.92. The molecule has 0 aliphatic heterocycles. The smallest absolute Gasteiger partial charge is 0.243 e. The van der Waals surface area contributed by atoms with Crippen molar-refractivity contribution in [3.05, 3.63) is 29.8 Å². The van der Waals surface area contributed by atoms with Gasteiger partial charge in [-0.25, -0.2) is 8.42 Å². The van der Waals surface area contributed by atoms with Crippen molar-refractivity contribution in [2.24, 2.45) is 11.8 Å². The van der Waals surface area contributed by atoms with Crippen LogP contribution in [0.25, 0.3) is 0 Å². The number of hydrogen-bond donors (Lipinski definition) is 1. The Balaban J connectivity index is 1.60. The summed E-state index contributed by atoms with van der Waals surface area (Å²) in [5, 5.41) is 3.03. The fraction of sp³-hybridized carbons (Fsp3) is 0.588. The van der Waals surface area contributed by atoms with E-state index in [1.165, 1.54) is 26.3 Å². The van der Waals surface area contributed by atoms with Gasteiger partial charge in [-0.15, -0.1) is 0 Å². The van der Waals surface area contributed by atoms with Crippen molar-refractivity contribution in [1.29, 1.82) is 0 Å². The molecule has 23 heavy (non-hydrogen) atoms. The van der Waals surface area contributed by atoms with Gasteiger partial charge in [0.05, 0.1) is 11.4 Å². The Labute approximate surface area is 138 Å². The van der Waals surface area contributed by atoms with Crippen LogP contribution in [0.4, 0.5) is 0 Å². The first-order valence-electron chi connectivity index (χ1n) is 8.18. The Morgan fingerprint density at radius 3 is 2.48 bits per heavy atom. The van der Waals surface area contributed by atoms with Crippen LogP contribution in [0.3, 0.4) is 0 Å². The van der Waals surface area contributed by atoms with Crippen LogP contribution < -0.4 is 5.32 Å². The number of amides is 1. The normalized spacial score (nSPS) is 26.7. The minimum absolute atomic E-state index is 0.135. The van der Waals surface area contributed by atoms with E-state index < -0.39 is 10.0 Å². The second-order valence-electron chi connectivity index (χ2n) is 6.92. The van der Waals surface area contributed by atoms with E-state index in [1.54, 1.807) is 24.3 Å². The minimum atomic E-state index is -3.62. The molecule has 3 rings (SSSR count). The lowest BCUT2D eigenvalue weighted by molar-refractivity contribution is -0.122. The van der Waals surface area contributed by atoms with Crippen LogP contribution in [0.5, 0.6) is 0 Å². The van der Waals surface area contributed by atoms with Crippen molar-refractivity contribution >= 4 is 15.9 Å². The Morgan fingerprint density at radius 1 is 1.22 bits per heavy atom. The third-order valence-electron chi connectivity index (χ3n) is 5.18. The number of sulfonamides is 1. The highest BCUT2D eigenvalue weighted by Gasteiger charge is 2.40. The Morgan fingerprint density at radius 2 is 1.91 bits per heavy atom. The van der Waals surface area contributed by atoms with Crippen LogP contribution in [0.1, 0.15) is 31.2 Å². The first kappa shape index (κ1) is 16.5. The van der Waals surface area contributed by atoms with E-state index in [0.29, 0.717) is 5.92 Å². The van der Waals surface area contributed by atoms with Gasteiger partial charge >= 0.3 is 0 Å². The topological polar surface area (TPSA) is 66.5 Å². The maximum absolute atomic E-state index is 12.5. The molecule has 0 radical (unpaired) electrons. The summed E-state index contributed by atoms with van der Waals surface area (Å²) in [6, 6.07) is 6.91. The highest BCUT2D eigenvalue weighted by molar-refractivity contribution is 7.89. The van der Waals surface area contributed by atoms with Crippen molar-refractivity contribution in [2.45, 2.75) is 43.5 Å². The maximum atomic E-state index is 12.5. The number of aryl methyl sites for hydroxylation is 1. The number of rotatable bonds is 5. The number of carbonyl (C=O) groups excluding carboxylic acids is 1. The summed E-state index contributed by atoms with van der Waals surface area (Å²) in [7, 11) is -2.17. The van der Waals surface area contributed by atoms with Crippen molar-refractivity contribution in [3.8, 4) is 0 Å². The summed E-state index contributed by atoms with van der Waals surface area (Å²) in [6.45, 7) is 1.77. The van der Waals surface area contributed by atoms with Crippen molar-refractivity contribution in [3.63, 3.8) is 0 Å². The summed E-state index contributed by atoms with van der Waals surface area (Å²) in [5.74, 6) is 1.13. The second kappa shape index (κ2) is 6.24. The molecule has 0 saturated heterocycles. The number of likely N-dealkylation sites (N-methyl/N-ethyl adjacent to an activating group) is 1. The molecule has 2 aliphatic rings. The number of nitrogens with one attached hydrogen (secondary N) is 1. The molecule has 5 nitrogen and oxygen atoms in total. The molecule has 1 amide bonds. The van der Waals surface area contributed by atoms with Crippen LogP contribution in [0.2, 0.25) is 0 Å². The molecule has 1 aromatic carbocycles. The number of fused-ring (bicyclic) bond motifs is 2. The molecule has 3 atom stereocenters. The largest absolute Gasteiger partial charge is 0.352 e. The fourth-order valence-electron chi connectivity index (χ4n) is 3.85. The highest BCUT2D eigenvalue weighted by Crippen LogP contribution is 2.44. The lowest BCUT2D eigenvalue weighted by Gasteiger charge is -2.24. The number of benzene rings is 1. The standard InChI is InChI=1S/C17H24N2O3S/c1-12-3-7-15(8-4-12)23(21,22)19(2)11-17(20)18-16-10-13-5-6-14(16)9-13/h3-4,7-8,13-14,16H,5-6,9-11H2,1-2H3,(H,18,20). The predicted molar refractivity (Wildman–Crippen MR) is 88.4 cm³/mol. The lowest BCUT2D eigenvalue weighted by Crippen LogP contribution is -2.44. The number of hydrogen-bond acceptors (Lipinski definition) is 3. The van der Waals surface area contributed by atoms with Gasteiger partial charge in [-0.1, -0.05) is 24.1 Å². The molecule has 0 spiro atoms. The van der Waals surface area contributed by atoms with Gasteiger partial charge in [-0.05, 0) is 50.2 Å². The summed E-state index contributed by atoms with van der Waals surface area (Å²) in [4.78, 5) is 12.4. The average molecular weight is 336 g/mol. The van der Waals surface area contributed by atoms with E-state index >= 15 is 0 Å². The molecule has 2 bridgehead atoms. The van der Waals surface area contributed by atoms with Crippen molar-refractivity contribution < 1.29 is 13.2 Å². The molecule has 2 saturated carbocycles. The van der Waals surface area contributed by atoms with Gasteiger partial charge in [0.15, 0.2) is 0 Å². The van der Waals surface area contributed by atoms with Gasteiger partial charge < -0.3 is 5.32 Å². The zero-order valence-corrected chi connectivity index (χ0v) is 14.5. The zero-order chi connectivity index (χ0) is 16.6. The van der Waals surface area contributed by atoms with Crippen molar-refractivity contribution in [2.75, 3.05) is 13.6 Å². The van der Waals surface area contributed by atoms with Gasteiger partial charge in [0.25, 0.3) is 0 Å². The van der Waals surface area contributed by atoms with E-state index in [9.17, 15) is 13.2 Å². The first-order chi connectivity index (χ1) is 10.9. The molecular weight excluding hydrogens is 312 g/mol. The minimum Gasteiger partial charge on any atom is -0.352 e. The number of nitrogens with zero attached hydrogens (tertiary/aromatic N) is 1. The molecule has 6 heteroatoms. The SMILES string of the molecule is Cc1ccc(S(=O)(=O)N(C)CC(=O)NC2CC3CCC2C3)cc1. The van der Waals surface area contributed by atoms with Crippen LogP contribution >= 0.6 is 0 Å². The van der Waals surface area contributed by atoms with E-state index in [0.717, 1.165) is 22.2 Å². The Bertz CT molecular complexity index is 684. The van der Waals surface area contributed by atoms with Gasteiger partial charge in [-0.2, -0.15) is 4.31 Å². The summed E-state index contributed by atoms with van der Waals surface area (Å²) >= 11 is 0. The third-order valence-corrected chi connectivity index (χ3v) is 7.00. The van der Waals surface area contributed by atoms with Crippen LogP contribution in [0.15, 0.2) is 29.2 Å². The Hall–Kier alpha value is -1.40. The molecule has 1 N–H and O–H groups in total. The van der Waals surface area contributed by atoms with Gasteiger partial charge in [0.2, 0.25) is 15.9 Å². The average Bonchev–Trinajstić information content (AvgIpc) is 3.10. The molecule has 2 fully saturated rings. The first-order valence-corrected chi connectivity index (χ1v) is 9.62. The Kier molecular flexibility index (Phi) is 4.47. The summed E-state index contributed by atoms with van der Waals surface area (Å²) in [6.07, 6.45) is 4.72. The van der Waals surface area contributed by atoms with Gasteiger partial charge in [0.1, 0.15) is 0 Å². The zero-order valence-electron chi connectivity index (χ0n) is 13.7. The monoisotopic (exact) mass is 336 g/mol. The fourth-order valence-corrected chi connectivity index (χ4v) is 4.98. The third kappa shape index (κ3) is 3.43. The summed E-state index contributed by atoms with van der Waals surface area (Å²) in [5.41, 5.74) is 1.00. The molecule has 0 heterocycles. The molecule has 126 valence electrons. The summed E-state index contributed by atoms with van der Waals surface area (Å²) < 4.78 is 26.1. The molecule has 3 unspecified atom stereocenters. The van der Waals surface area contributed by atoms with E-state index in [-0.39, 0.29) is 23.4 Å². The molecule has 1 aromatic rings. The maximum Gasteiger partial charge on any atom is 0.243 e. The van der Waals surface area contributed by atoms with E-state index in [1.807, 2.05) is 6.92 Å². The van der Waals surface area contributed by atoms with Crippen LogP contribution in [-0.2, 0) is 14.8 Å². The van der Waals surface area contributed by atoms with Gasteiger partial charge in [-0.3, -0.25) is 4.79 Å². The van der Waals surface area contributed by atoms with Crippen LogP contribution in [0, 0.1) is 18.8 Å². The molecular formula is C17H24N2O3S. The van der Waals surface area contributed by atoms with Gasteiger partial charge in [0, 0.05) is 13.1 Å². The second-order valence-corrected chi connectivity index (χ2v) is 8.97. The quantitative estimate of drug-likeness (QED) is 0.893. The van der Waals surface area contributed by atoms with Crippen molar-refractivity contribution in [1.82, 2.24) is 9.62 Å². The highest BCUT2D eigenvalue weighted by atomic mass is 32.2.